The second kappa shape index (κ2) is 5.40. The number of rotatable bonds is 3. The van der Waals surface area contributed by atoms with Gasteiger partial charge in [-0.15, -0.1) is 0 Å². The molecule has 2 atom stereocenters. The van der Waals surface area contributed by atoms with E-state index in [0.29, 0.717) is 12.4 Å². The molecule has 0 radical (unpaired) electrons. The number of methoxy groups -OCH3 is 1. The van der Waals surface area contributed by atoms with E-state index in [-0.39, 0.29) is 11.3 Å². The molecule has 0 bridgehead atoms. The van der Waals surface area contributed by atoms with Crippen LogP contribution in [0, 0.1) is 11.6 Å². The highest BCUT2D eigenvalue weighted by Gasteiger charge is 2.35. The summed E-state index contributed by atoms with van der Waals surface area (Å²) < 4.78 is 32.7. The number of hydrogen-bond acceptors (Lipinski definition) is 4. The van der Waals surface area contributed by atoms with Crippen molar-refractivity contribution in [3.05, 3.63) is 29.3 Å². The molecule has 1 aromatic rings. The third-order valence-electron chi connectivity index (χ3n) is 3.10. The second-order valence-electron chi connectivity index (χ2n) is 4.18. The number of nitrogens with zero attached hydrogens (tertiary/aromatic N) is 1. The van der Waals surface area contributed by atoms with Crippen LogP contribution in [0.2, 0.25) is 0 Å². The van der Waals surface area contributed by atoms with Gasteiger partial charge in [-0.05, 0) is 0 Å². The minimum Gasteiger partial charge on any atom is -0.497 e. The molecule has 0 aliphatic carbocycles. The van der Waals surface area contributed by atoms with Gasteiger partial charge in [-0.1, -0.05) is 5.16 Å². The molecular formula is C12H15F2N3O2. The number of hydrogen-bond donors (Lipinski definition) is 2. The number of nitrogens with one attached hydrogen (secondary N) is 1. The standard InChI is InChI=1S/C12H15F2N3O2/c1-18-6-3-8(13)10(9(14)4-6)7-5-16-12(11(7)15)17-19-2/h3-4,7,11H,5,15H2,1-2H3,(H,16,17)/t7-,11-/m0/s1. The molecule has 2 rings (SSSR count). The second-order valence-corrected chi connectivity index (χ2v) is 4.18. The lowest BCUT2D eigenvalue weighted by molar-refractivity contribution is 0.211. The maximum Gasteiger partial charge on any atom is 0.159 e. The minimum atomic E-state index is -0.683. The van der Waals surface area contributed by atoms with Crippen LogP contribution in [0.1, 0.15) is 11.5 Å². The SMILES string of the molecule is CO/N=C1\NC[C@@H](c2c(F)cc(OC)cc2F)[C@@H]1N. The van der Waals surface area contributed by atoms with E-state index < -0.39 is 23.6 Å². The van der Waals surface area contributed by atoms with E-state index in [1.807, 2.05) is 0 Å². The largest absolute Gasteiger partial charge is 0.497 e. The Labute approximate surface area is 109 Å². The lowest BCUT2D eigenvalue weighted by Crippen LogP contribution is -2.34. The summed E-state index contributed by atoms with van der Waals surface area (Å²) in [5.74, 6) is -1.40. The van der Waals surface area contributed by atoms with Gasteiger partial charge in [-0.25, -0.2) is 8.78 Å². The lowest BCUT2D eigenvalue weighted by atomic mass is 9.93. The van der Waals surface area contributed by atoms with Gasteiger partial charge in [-0.2, -0.15) is 0 Å². The molecule has 1 heterocycles. The van der Waals surface area contributed by atoms with Crippen molar-refractivity contribution in [3.63, 3.8) is 0 Å². The first-order valence-corrected chi connectivity index (χ1v) is 5.72. The average Bonchev–Trinajstić information content (AvgIpc) is 2.71. The van der Waals surface area contributed by atoms with Gasteiger partial charge in [-0.3, -0.25) is 0 Å². The van der Waals surface area contributed by atoms with Gasteiger partial charge in [0.15, 0.2) is 5.84 Å². The number of amidine groups is 1. The summed E-state index contributed by atoms with van der Waals surface area (Å²) in [7, 11) is 2.73. The van der Waals surface area contributed by atoms with Crippen LogP contribution < -0.4 is 15.8 Å². The van der Waals surface area contributed by atoms with Crippen LogP contribution in [0.5, 0.6) is 5.75 Å². The Morgan fingerprint density at radius 2 is 1.95 bits per heavy atom. The van der Waals surface area contributed by atoms with Gasteiger partial charge in [0.05, 0.1) is 13.2 Å². The Morgan fingerprint density at radius 3 is 2.47 bits per heavy atom. The zero-order chi connectivity index (χ0) is 14.0. The summed E-state index contributed by atoms with van der Waals surface area (Å²) in [6.07, 6.45) is 0. The van der Waals surface area contributed by atoms with Gasteiger partial charge in [0.25, 0.3) is 0 Å². The number of halogens is 2. The van der Waals surface area contributed by atoms with E-state index in [2.05, 4.69) is 15.3 Å². The topological polar surface area (TPSA) is 68.9 Å². The molecule has 3 N–H and O–H groups in total. The summed E-state index contributed by atoms with van der Waals surface area (Å²) >= 11 is 0. The van der Waals surface area contributed by atoms with E-state index >= 15 is 0 Å². The van der Waals surface area contributed by atoms with E-state index in [0.717, 1.165) is 12.1 Å². The molecule has 7 heteroatoms. The maximum atomic E-state index is 14.0. The molecule has 0 unspecified atom stereocenters. The van der Waals surface area contributed by atoms with Gasteiger partial charge >= 0.3 is 0 Å². The number of nitrogens with two attached hydrogens (primary N) is 1. The molecular weight excluding hydrogens is 256 g/mol. The molecule has 104 valence electrons. The molecule has 0 aromatic heterocycles. The van der Waals surface area contributed by atoms with E-state index in [9.17, 15) is 8.78 Å². The van der Waals surface area contributed by atoms with Crippen molar-refractivity contribution >= 4 is 5.84 Å². The lowest BCUT2D eigenvalue weighted by Gasteiger charge is -2.16. The van der Waals surface area contributed by atoms with Crippen LogP contribution in [0.25, 0.3) is 0 Å². The fraction of sp³-hybridized carbons (Fsp3) is 0.417. The predicted molar refractivity (Wildman–Crippen MR) is 66.1 cm³/mol. The maximum absolute atomic E-state index is 14.0. The Bertz CT molecular complexity index is 485. The molecule has 5 nitrogen and oxygen atoms in total. The van der Waals surface area contributed by atoms with E-state index in [1.165, 1.54) is 14.2 Å². The molecule has 0 saturated carbocycles. The zero-order valence-corrected chi connectivity index (χ0v) is 10.6. The average molecular weight is 271 g/mol. The summed E-state index contributed by atoms with van der Waals surface area (Å²) in [4.78, 5) is 4.62. The molecule has 1 fully saturated rings. The van der Waals surface area contributed by atoms with Gasteiger partial charge in [0.2, 0.25) is 0 Å². The molecule has 19 heavy (non-hydrogen) atoms. The van der Waals surface area contributed by atoms with Crippen molar-refractivity contribution in [1.29, 1.82) is 0 Å². The fourth-order valence-electron chi connectivity index (χ4n) is 2.16. The van der Waals surface area contributed by atoms with Crippen molar-refractivity contribution < 1.29 is 18.4 Å². The zero-order valence-electron chi connectivity index (χ0n) is 10.6. The third kappa shape index (κ3) is 2.46. The normalized spacial score (nSPS) is 24.4. The van der Waals surface area contributed by atoms with Crippen molar-refractivity contribution in [2.24, 2.45) is 10.9 Å². The van der Waals surface area contributed by atoms with Gasteiger partial charge in [0.1, 0.15) is 24.5 Å². The van der Waals surface area contributed by atoms with Gasteiger partial charge < -0.3 is 20.6 Å². The van der Waals surface area contributed by atoms with Crippen molar-refractivity contribution in [1.82, 2.24) is 5.32 Å². The van der Waals surface area contributed by atoms with Crippen LogP contribution in [0.3, 0.4) is 0 Å². The van der Waals surface area contributed by atoms with E-state index in [1.54, 1.807) is 0 Å². The van der Waals surface area contributed by atoms with Crippen LogP contribution in [0.4, 0.5) is 8.78 Å². The number of benzene rings is 1. The molecule has 0 amide bonds. The Balaban J connectivity index is 2.36. The quantitative estimate of drug-likeness (QED) is 0.803. The summed E-state index contributed by atoms with van der Waals surface area (Å²) in [5, 5.41) is 6.56. The summed E-state index contributed by atoms with van der Waals surface area (Å²) in [6.45, 7) is 0.295. The minimum absolute atomic E-state index is 0.0675. The van der Waals surface area contributed by atoms with Crippen LogP contribution in [0.15, 0.2) is 17.3 Å². The first kappa shape index (κ1) is 13.5. The Morgan fingerprint density at radius 1 is 1.32 bits per heavy atom. The monoisotopic (exact) mass is 271 g/mol. The predicted octanol–water partition coefficient (Wildman–Crippen LogP) is 0.947. The molecule has 1 aliphatic rings. The third-order valence-corrected chi connectivity index (χ3v) is 3.10. The molecule has 1 saturated heterocycles. The van der Waals surface area contributed by atoms with E-state index in [4.69, 9.17) is 10.5 Å². The van der Waals surface area contributed by atoms with Gasteiger partial charge in [0, 0.05) is 30.2 Å². The van der Waals surface area contributed by atoms with Crippen molar-refractivity contribution in [2.75, 3.05) is 20.8 Å². The van der Waals surface area contributed by atoms with Crippen molar-refractivity contribution in [3.8, 4) is 5.75 Å². The van der Waals surface area contributed by atoms with Crippen LogP contribution >= 0.6 is 0 Å². The Hall–Kier alpha value is -1.89. The summed E-state index contributed by atoms with van der Waals surface area (Å²) in [5.41, 5.74) is 5.84. The van der Waals surface area contributed by atoms with Crippen molar-refractivity contribution in [2.45, 2.75) is 12.0 Å². The Kier molecular flexibility index (Phi) is 3.84. The summed E-state index contributed by atoms with van der Waals surface area (Å²) in [6, 6.07) is 1.63. The smallest absolute Gasteiger partial charge is 0.159 e. The first-order chi connectivity index (χ1) is 9.08. The van der Waals surface area contributed by atoms with Crippen LogP contribution in [-0.4, -0.2) is 32.6 Å². The fourth-order valence-corrected chi connectivity index (χ4v) is 2.16. The number of oxime groups is 1. The van der Waals surface area contributed by atoms with Crippen LogP contribution in [-0.2, 0) is 4.84 Å². The molecule has 1 aliphatic heterocycles. The highest BCUT2D eigenvalue weighted by atomic mass is 19.1. The highest BCUT2D eigenvalue weighted by Crippen LogP contribution is 2.30. The molecule has 1 aromatic carbocycles. The molecule has 0 spiro atoms. The highest BCUT2D eigenvalue weighted by molar-refractivity contribution is 5.90. The first-order valence-electron chi connectivity index (χ1n) is 5.72. The number of ether oxygens (including phenoxy) is 1.